The second-order valence-corrected chi connectivity index (χ2v) is 21.7. The summed E-state index contributed by atoms with van der Waals surface area (Å²) >= 11 is 0. The number of halogens is 1. The van der Waals surface area contributed by atoms with Gasteiger partial charge in [-0.2, -0.15) is 0 Å². The molecule has 0 unspecified atom stereocenters. The maximum Gasteiger partial charge on any atom is 0.309 e. The predicted octanol–water partition coefficient (Wildman–Crippen LogP) is 8.94. The Labute approximate surface area is 342 Å². The van der Waals surface area contributed by atoms with E-state index in [-0.39, 0.29) is 57.6 Å². The lowest BCUT2D eigenvalue weighted by Crippen LogP contribution is -2.66. The first-order chi connectivity index (χ1) is 26.4. The number of carboxylic acids is 1. The number of nitrogens with zero attached hydrogens (tertiary/aromatic N) is 2. The van der Waals surface area contributed by atoms with Gasteiger partial charge in [0.25, 0.3) is 0 Å². The number of carbonyl (C=O) groups excluding carboxylic acids is 2. The highest BCUT2D eigenvalue weighted by Crippen LogP contribution is 2.77. The predicted molar refractivity (Wildman–Crippen MR) is 222 cm³/mol. The number of aliphatic hydroxyl groups is 1. The lowest BCUT2D eigenvalue weighted by Gasteiger charge is -2.72. The van der Waals surface area contributed by atoms with Crippen molar-refractivity contribution in [1.82, 2.24) is 9.80 Å². The number of ether oxygens (including phenoxy) is 1. The first kappa shape index (κ1) is 43.9. The van der Waals surface area contributed by atoms with Gasteiger partial charge in [0.1, 0.15) is 11.9 Å². The minimum absolute atomic E-state index is 0.0183. The van der Waals surface area contributed by atoms with Crippen LogP contribution in [0.15, 0.2) is 35.4 Å². The summed E-state index contributed by atoms with van der Waals surface area (Å²) in [6, 6.07) is 6.65. The van der Waals surface area contributed by atoms with Crippen molar-refractivity contribution < 1.29 is 33.7 Å². The fourth-order valence-electron chi connectivity index (χ4n) is 13.8. The highest BCUT2D eigenvalue weighted by atomic mass is 19.1. The van der Waals surface area contributed by atoms with Crippen molar-refractivity contribution in [3.63, 3.8) is 0 Å². The number of carbonyl (C=O) groups is 3. The van der Waals surface area contributed by atoms with E-state index in [1.807, 2.05) is 12.1 Å². The summed E-state index contributed by atoms with van der Waals surface area (Å²) in [5, 5.41) is 22.3. The van der Waals surface area contributed by atoms with E-state index in [1.165, 1.54) is 17.7 Å². The molecule has 0 spiro atoms. The number of fused-ring (bicyclic) bond motifs is 7. The number of hydrogen-bond acceptors (Lipinski definition) is 7. The summed E-state index contributed by atoms with van der Waals surface area (Å²) in [6.07, 6.45) is 6.88. The summed E-state index contributed by atoms with van der Waals surface area (Å²) in [5.41, 5.74) is 1.21. The second-order valence-electron chi connectivity index (χ2n) is 21.7. The van der Waals surface area contributed by atoms with Crippen molar-refractivity contribution >= 4 is 17.7 Å². The van der Waals surface area contributed by atoms with Crippen molar-refractivity contribution in [1.29, 1.82) is 0 Å². The molecule has 8 nitrogen and oxygen atoms in total. The van der Waals surface area contributed by atoms with Gasteiger partial charge in [0.15, 0.2) is 5.78 Å². The Hall–Kier alpha value is -2.62. The van der Waals surface area contributed by atoms with E-state index >= 15 is 0 Å². The number of esters is 1. The number of likely N-dealkylation sites (N-methyl/N-ethyl adjacent to an activating group) is 1. The molecule has 9 atom stereocenters. The van der Waals surface area contributed by atoms with Crippen LogP contribution in [0.4, 0.5) is 4.39 Å². The molecule has 0 radical (unpaired) electrons. The minimum atomic E-state index is -1.18. The maximum atomic E-state index is 14.3. The quantitative estimate of drug-likeness (QED) is 0.191. The van der Waals surface area contributed by atoms with E-state index in [1.54, 1.807) is 13.8 Å². The van der Waals surface area contributed by atoms with E-state index in [2.05, 4.69) is 72.4 Å². The van der Waals surface area contributed by atoms with Gasteiger partial charge in [-0.05, 0) is 142 Å². The summed E-state index contributed by atoms with van der Waals surface area (Å²) in [5.74, 6) is -0.380. The van der Waals surface area contributed by atoms with E-state index in [9.17, 15) is 29.0 Å². The molecule has 5 aliphatic rings. The number of aliphatic carboxylic acids is 1. The van der Waals surface area contributed by atoms with Gasteiger partial charge >= 0.3 is 11.9 Å². The molecule has 0 saturated heterocycles. The third-order valence-corrected chi connectivity index (χ3v) is 17.1. The second kappa shape index (κ2) is 15.4. The van der Waals surface area contributed by atoms with Gasteiger partial charge in [-0.15, -0.1) is 0 Å². The Morgan fingerprint density at radius 3 is 2.19 bits per heavy atom. The molecular weight excluding hydrogens is 720 g/mol. The van der Waals surface area contributed by atoms with Crippen LogP contribution in [-0.2, 0) is 25.7 Å². The number of rotatable bonds is 13. The van der Waals surface area contributed by atoms with Crippen LogP contribution in [0, 0.1) is 62.0 Å². The average Bonchev–Trinajstić information content (AvgIpc) is 3.42. The molecule has 0 heterocycles. The number of ketones is 1. The van der Waals surface area contributed by atoms with Crippen molar-refractivity contribution in [3.05, 3.63) is 46.8 Å². The Bertz CT molecular complexity index is 1740. The van der Waals surface area contributed by atoms with Crippen molar-refractivity contribution in [2.75, 3.05) is 33.7 Å². The third-order valence-electron chi connectivity index (χ3n) is 17.1. The molecule has 5 aliphatic carbocycles. The fraction of sp³-hybridized carbons (Fsp3) is 0.771. The van der Waals surface area contributed by atoms with Gasteiger partial charge in [-0.1, -0.05) is 66.2 Å². The topological polar surface area (TPSA) is 107 Å². The summed E-state index contributed by atoms with van der Waals surface area (Å²) in [6.45, 7) is 22.2. The summed E-state index contributed by atoms with van der Waals surface area (Å²) in [4.78, 5) is 43.7. The molecule has 4 fully saturated rings. The third kappa shape index (κ3) is 7.47. The zero-order valence-electron chi connectivity index (χ0n) is 37.0. The van der Waals surface area contributed by atoms with Gasteiger partial charge in [-0.3, -0.25) is 19.3 Å². The van der Waals surface area contributed by atoms with Crippen LogP contribution in [-0.4, -0.2) is 83.7 Å². The van der Waals surface area contributed by atoms with Crippen LogP contribution in [0.25, 0.3) is 0 Å². The largest absolute Gasteiger partial charge is 0.481 e. The molecule has 1 aromatic rings. The minimum Gasteiger partial charge on any atom is -0.481 e. The first-order valence-corrected chi connectivity index (χ1v) is 21.9. The fourth-order valence-corrected chi connectivity index (χ4v) is 13.8. The molecule has 0 amide bonds. The number of carboxylic acid groups (broad SMARTS) is 1. The van der Waals surface area contributed by atoms with Crippen LogP contribution in [0.3, 0.4) is 0 Å². The average molecular weight is 793 g/mol. The summed E-state index contributed by atoms with van der Waals surface area (Å²) < 4.78 is 20.0. The molecule has 6 rings (SSSR count). The van der Waals surface area contributed by atoms with E-state index in [4.69, 9.17) is 4.74 Å². The molecule has 9 heteroatoms. The molecule has 1 aromatic carbocycles. The smallest absolute Gasteiger partial charge is 0.309 e. The Kier molecular flexibility index (Phi) is 11.9. The number of Topliss-reactive ketones (excluding diaryl/α,β-unsaturated/α-hetero) is 1. The van der Waals surface area contributed by atoms with Crippen molar-refractivity contribution in [2.24, 2.45) is 56.2 Å². The van der Waals surface area contributed by atoms with Crippen LogP contribution >= 0.6 is 0 Å². The van der Waals surface area contributed by atoms with E-state index < -0.39 is 28.9 Å². The van der Waals surface area contributed by atoms with Gasteiger partial charge in [0.05, 0.1) is 17.9 Å². The zero-order chi connectivity index (χ0) is 42.1. The van der Waals surface area contributed by atoms with Crippen LogP contribution in [0.1, 0.15) is 132 Å². The lowest BCUT2D eigenvalue weighted by atomic mass is 9.33. The zero-order valence-corrected chi connectivity index (χ0v) is 37.0. The number of allylic oxidation sites excluding steroid dienone is 1. The van der Waals surface area contributed by atoms with Crippen LogP contribution < -0.4 is 0 Å². The van der Waals surface area contributed by atoms with Gasteiger partial charge < -0.3 is 19.8 Å². The molecule has 0 bridgehead atoms. The Morgan fingerprint density at radius 2 is 1.58 bits per heavy atom. The number of benzene rings is 1. The molecule has 0 aliphatic heterocycles. The Balaban J connectivity index is 1.29. The Morgan fingerprint density at radius 1 is 0.912 bits per heavy atom. The van der Waals surface area contributed by atoms with Gasteiger partial charge in [-0.25, -0.2) is 4.39 Å². The standard InChI is InChI=1S/C48H73FN2O6/c1-30(2)40-34(52)26-48(37(53)29-51(25-24-50(10)11)28-31-12-14-32(49)15-13-31)23-22-46(8)33(41(40)48)16-17-36-45(7)20-19-38(57-39(54)27-43(3,4)42(55)56)44(5,6)35(45)18-21-47(36,46)9/h12-15,30,33,35-38,53H,16-29H2,1-11H3,(H,55,56)/t33-,35+,36-,37-,38+,45+,46-,47-,48-/m1/s1. The van der Waals surface area contributed by atoms with Crippen molar-refractivity contribution in [3.8, 4) is 0 Å². The number of hydrogen-bond donors (Lipinski definition) is 2. The molecule has 0 aromatic heterocycles. The monoisotopic (exact) mass is 793 g/mol. The van der Waals surface area contributed by atoms with E-state index in [0.29, 0.717) is 31.3 Å². The highest BCUT2D eigenvalue weighted by molar-refractivity contribution is 6.00. The van der Waals surface area contributed by atoms with Crippen molar-refractivity contribution in [2.45, 2.75) is 145 Å². The van der Waals surface area contributed by atoms with Crippen LogP contribution in [0.2, 0.25) is 0 Å². The lowest BCUT2D eigenvalue weighted by molar-refractivity contribution is -0.235. The molecule has 318 valence electrons. The summed E-state index contributed by atoms with van der Waals surface area (Å²) in [7, 11) is 4.10. The normalized spacial score (nSPS) is 35.5. The molecule has 4 saturated carbocycles. The molecular formula is C48H73FN2O6. The highest BCUT2D eigenvalue weighted by Gasteiger charge is 2.71. The van der Waals surface area contributed by atoms with Crippen LogP contribution in [0.5, 0.6) is 0 Å². The number of aliphatic hydroxyl groups excluding tert-OH is 1. The van der Waals surface area contributed by atoms with Gasteiger partial charge in [0, 0.05) is 43.4 Å². The van der Waals surface area contributed by atoms with E-state index in [0.717, 1.165) is 75.6 Å². The molecule has 2 N–H and O–H groups in total. The SMILES string of the molecule is CC(C)C1=C2[C@H]3CC[C@@H]4[C@@]5(C)CC[C@H](OC(=O)CC(C)(C)C(=O)O)C(C)(C)[C@@H]5CC[C@@]4(C)[C@]3(C)CC[C@]2([C@H](O)CN(CCN(C)C)Cc2ccc(F)cc2)CC1=O. The first-order valence-electron chi connectivity index (χ1n) is 21.9. The molecule has 57 heavy (non-hydrogen) atoms. The maximum absolute atomic E-state index is 14.3. The van der Waals surface area contributed by atoms with Gasteiger partial charge in [0.2, 0.25) is 0 Å².